The zero-order valence-corrected chi connectivity index (χ0v) is 11.2. The highest BCUT2D eigenvalue weighted by atomic mass is 32.2. The predicted octanol–water partition coefficient (Wildman–Crippen LogP) is 3.42. The molecule has 17 heavy (non-hydrogen) atoms. The Morgan fingerprint density at radius 2 is 1.82 bits per heavy atom. The minimum absolute atomic E-state index is 0.0258. The van der Waals surface area contributed by atoms with Gasteiger partial charge in [-0.3, -0.25) is 0 Å². The second-order valence-corrected chi connectivity index (χ2v) is 6.28. The van der Waals surface area contributed by atoms with Crippen LogP contribution in [0.5, 0.6) is 0 Å². The molecule has 0 fully saturated rings. The molecule has 0 saturated heterocycles. The molecule has 2 heteroatoms. The smallest absolute Gasteiger partial charge is 0.00432 e. The molecular weight excluding hydrogens is 226 g/mol. The van der Waals surface area contributed by atoms with Crippen molar-refractivity contribution in [3.05, 3.63) is 58.9 Å². The highest BCUT2D eigenvalue weighted by Gasteiger charge is 2.13. The lowest BCUT2D eigenvalue weighted by atomic mass is 10.0. The van der Waals surface area contributed by atoms with E-state index in [0.29, 0.717) is 5.92 Å². The van der Waals surface area contributed by atoms with Gasteiger partial charge in [0.25, 0.3) is 0 Å². The first-order valence-corrected chi connectivity index (χ1v) is 7.93. The van der Waals surface area contributed by atoms with Crippen molar-refractivity contribution >= 4 is 10.9 Å². The van der Waals surface area contributed by atoms with Crippen LogP contribution in [0.1, 0.15) is 18.4 Å². The third-order valence-electron chi connectivity index (χ3n) is 3.01. The monoisotopic (exact) mass is 247 g/mol. The summed E-state index contributed by atoms with van der Waals surface area (Å²) in [5.41, 5.74) is 1.46. The van der Waals surface area contributed by atoms with E-state index in [1.165, 1.54) is 11.3 Å². The zero-order chi connectivity index (χ0) is 11.9. The van der Waals surface area contributed by atoms with Crippen LogP contribution in [0.2, 0.25) is 0 Å². The van der Waals surface area contributed by atoms with Gasteiger partial charge in [0.2, 0.25) is 0 Å². The summed E-state index contributed by atoms with van der Waals surface area (Å²) in [6.07, 6.45) is 4.36. The largest absolute Gasteiger partial charge is 0.316 e. The van der Waals surface area contributed by atoms with E-state index in [4.69, 9.17) is 0 Å². The Bertz CT molecular complexity index is 371. The Kier molecular flexibility index (Phi) is 4.89. The third-order valence-corrected chi connectivity index (χ3v) is 4.98. The Balaban J connectivity index is 2.02. The molecular formula is C15H21NS. The molecule has 1 aromatic carbocycles. The highest BCUT2D eigenvalue weighted by molar-refractivity contribution is 8.22. The fourth-order valence-corrected chi connectivity index (χ4v) is 3.91. The number of hydrogen-bond donors (Lipinski definition) is 2. The van der Waals surface area contributed by atoms with Gasteiger partial charge in [0.1, 0.15) is 0 Å². The number of thiol groups is 1. The molecule has 0 aromatic heterocycles. The summed E-state index contributed by atoms with van der Waals surface area (Å²) in [7, 11) is -0.0258. The quantitative estimate of drug-likeness (QED) is 0.734. The van der Waals surface area contributed by atoms with Gasteiger partial charge < -0.3 is 5.32 Å². The highest BCUT2D eigenvalue weighted by Crippen LogP contribution is 2.37. The van der Waals surface area contributed by atoms with Crippen molar-refractivity contribution in [1.29, 1.82) is 0 Å². The fraction of sp³-hybridized carbons (Fsp3) is 0.333. The standard InChI is InChI=1S/C15H21NS/c1-2-16-12-15(13-17-10-6-7-11-17)14-8-4-3-5-9-14/h3-11,15-17H,2,12-13H2,1H3. The van der Waals surface area contributed by atoms with Crippen molar-refractivity contribution in [2.75, 3.05) is 18.8 Å². The summed E-state index contributed by atoms with van der Waals surface area (Å²) in [6, 6.07) is 10.9. The number of hydrogen-bond acceptors (Lipinski definition) is 1. The van der Waals surface area contributed by atoms with Gasteiger partial charge in [-0.05, 0) is 28.7 Å². The van der Waals surface area contributed by atoms with E-state index in [1.54, 1.807) is 0 Å². The van der Waals surface area contributed by atoms with Crippen LogP contribution in [-0.4, -0.2) is 18.8 Å². The van der Waals surface area contributed by atoms with Crippen LogP contribution in [-0.2, 0) is 0 Å². The third kappa shape index (κ3) is 3.76. The van der Waals surface area contributed by atoms with Gasteiger partial charge in [-0.2, -0.15) is 0 Å². The number of benzene rings is 1. The van der Waals surface area contributed by atoms with E-state index in [0.717, 1.165) is 13.1 Å². The van der Waals surface area contributed by atoms with Crippen LogP contribution in [0, 0.1) is 0 Å². The van der Waals surface area contributed by atoms with E-state index in [9.17, 15) is 0 Å². The Morgan fingerprint density at radius 1 is 1.12 bits per heavy atom. The first kappa shape index (κ1) is 12.5. The van der Waals surface area contributed by atoms with E-state index in [1.807, 2.05) is 0 Å². The van der Waals surface area contributed by atoms with Gasteiger partial charge in [0, 0.05) is 12.5 Å². The summed E-state index contributed by atoms with van der Waals surface area (Å²) < 4.78 is 0. The lowest BCUT2D eigenvalue weighted by molar-refractivity contribution is 0.641. The zero-order valence-electron chi connectivity index (χ0n) is 10.3. The predicted molar refractivity (Wildman–Crippen MR) is 79.9 cm³/mol. The fourth-order valence-electron chi connectivity index (χ4n) is 2.08. The molecule has 0 amide bonds. The van der Waals surface area contributed by atoms with E-state index in [2.05, 4.69) is 65.5 Å². The molecule has 1 unspecified atom stereocenters. The molecule has 1 atom stereocenters. The van der Waals surface area contributed by atoms with Gasteiger partial charge in [0.05, 0.1) is 0 Å². The lowest BCUT2D eigenvalue weighted by Crippen LogP contribution is -2.23. The topological polar surface area (TPSA) is 12.0 Å². The Hall–Kier alpha value is -0.990. The molecule has 0 radical (unpaired) electrons. The molecule has 0 aliphatic carbocycles. The van der Waals surface area contributed by atoms with E-state index in [-0.39, 0.29) is 10.9 Å². The SMILES string of the molecule is CCNCC(C[SH]1C=CC=C1)c1ccccc1. The average molecular weight is 247 g/mol. The molecule has 0 spiro atoms. The lowest BCUT2D eigenvalue weighted by Gasteiger charge is -2.21. The first-order chi connectivity index (χ1) is 8.40. The molecule has 1 aliphatic heterocycles. The van der Waals surface area contributed by atoms with Gasteiger partial charge in [-0.1, -0.05) is 49.4 Å². The van der Waals surface area contributed by atoms with Crippen LogP contribution < -0.4 is 5.32 Å². The van der Waals surface area contributed by atoms with Gasteiger partial charge >= 0.3 is 0 Å². The van der Waals surface area contributed by atoms with E-state index >= 15 is 0 Å². The summed E-state index contributed by atoms with van der Waals surface area (Å²) >= 11 is 0. The molecule has 1 nitrogen and oxygen atoms in total. The number of likely N-dealkylation sites (N-methyl/N-ethyl adjacent to an activating group) is 1. The van der Waals surface area contributed by atoms with Crippen molar-refractivity contribution in [2.45, 2.75) is 12.8 Å². The minimum Gasteiger partial charge on any atom is -0.316 e. The maximum atomic E-state index is 3.48. The molecule has 92 valence electrons. The summed E-state index contributed by atoms with van der Waals surface area (Å²) in [5, 5.41) is 8.20. The Morgan fingerprint density at radius 3 is 2.47 bits per heavy atom. The minimum atomic E-state index is -0.0258. The van der Waals surface area contributed by atoms with Gasteiger partial charge in [0.15, 0.2) is 0 Å². The number of nitrogens with one attached hydrogen (secondary N) is 1. The van der Waals surface area contributed by atoms with Crippen LogP contribution in [0.4, 0.5) is 0 Å². The number of rotatable bonds is 6. The molecule has 0 bridgehead atoms. The molecule has 1 aromatic rings. The maximum Gasteiger partial charge on any atom is 0.00432 e. The molecule has 2 rings (SSSR count). The molecule has 1 aliphatic rings. The van der Waals surface area contributed by atoms with E-state index < -0.39 is 0 Å². The van der Waals surface area contributed by atoms with Gasteiger partial charge in [-0.25, -0.2) is 10.9 Å². The summed E-state index contributed by atoms with van der Waals surface area (Å²) in [6.45, 7) is 4.30. The maximum absolute atomic E-state index is 3.48. The summed E-state index contributed by atoms with van der Waals surface area (Å²) in [4.78, 5) is 0. The van der Waals surface area contributed by atoms with Crippen molar-refractivity contribution in [1.82, 2.24) is 5.32 Å². The van der Waals surface area contributed by atoms with Crippen LogP contribution in [0.25, 0.3) is 0 Å². The van der Waals surface area contributed by atoms with Crippen molar-refractivity contribution in [2.24, 2.45) is 0 Å². The normalized spacial score (nSPS) is 17.6. The first-order valence-electron chi connectivity index (χ1n) is 6.26. The van der Waals surface area contributed by atoms with Crippen molar-refractivity contribution < 1.29 is 0 Å². The van der Waals surface area contributed by atoms with Gasteiger partial charge in [-0.15, -0.1) is 0 Å². The number of allylic oxidation sites excluding steroid dienone is 2. The Labute approximate surface area is 107 Å². The van der Waals surface area contributed by atoms with Crippen molar-refractivity contribution in [3.63, 3.8) is 0 Å². The van der Waals surface area contributed by atoms with Crippen molar-refractivity contribution in [3.8, 4) is 0 Å². The summed E-state index contributed by atoms with van der Waals surface area (Å²) in [5.74, 6) is 1.90. The van der Waals surface area contributed by atoms with Crippen LogP contribution in [0.15, 0.2) is 53.3 Å². The second-order valence-electron chi connectivity index (χ2n) is 4.30. The van der Waals surface area contributed by atoms with Crippen LogP contribution >= 0.6 is 10.9 Å². The average Bonchev–Trinajstić information content (AvgIpc) is 2.88. The second kappa shape index (κ2) is 6.67. The van der Waals surface area contributed by atoms with Crippen LogP contribution in [0.3, 0.4) is 0 Å². The molecule has 1 heterocycles. The molecule has 0 saturated carbocycles. The molecule has 1 N–H and O–H groups in total.